The summed E-state index contributed by atoms with van der Waals surface area (Å²) >= 11 is 0. The van der Waals surface area contributed by atoms with Gasteiger partial charge in [0, 0.05) is 38.4 Å². The minimum absolute atomic E-state index is 0.0130. The molecule has 6 N–H and O–H groups in total. The number of alkyl carbamates (subject to hydrolysis) is 2. The second-order valence-electron chi connectivity index (χ2n) is 8.81. The molecule has 1 saturated heterocycles. The van der Waals surface area contributed by atoms with Crippen LogP contribution in [0.1, 0.15) is 37.5 Å². The zero-order valence-electron chi connectivity index (χ0n) is 22.8. The Morgan fingerprint density at radius 1 is 1.15 bits per heavy atom. The number of nitrogens with one attached hydrogen (secondary N) is 4. The number of nitrogens with zero attached hydrogens (tertiary/aromatic N) is 1. The summed E-state index contributed by atoms with van der Waals surface area (Å²) in [5.74, 6) is -0.544. The van der Waals surface area contributed by atoms with Crippen LogP contribution in [0, 0.1) is 0 Å². The zero-order chi connectivity index (χ0) is 30.6. The summed E-state index contributed by atoms with van der Waals surface area (Å²) in [5, 5.41) is 17.1. The Morgan fingerprint density at radius 3 is 2.49 bits per heavy atom. The quantitative estimate of drug-likeness (QED) is 0.102. The number of aliphatic hydroxyl groups is 1. The second kappa shape index (κ2) is 16.2. The predicted molar refractivity (Wildman–Crippen MR) is 139 cm³/mol. The maximum Gasteiger partial charge on any atom is 0.472 e. The fourth-order valence-corrected chi connectivity index (χ4v) is 4.58. The molecule has 5 atom stereocenters. The summed E-state index contributed by atoms with van der Waals surface area (Å²) in [4.78, 5) is 72.2. The Hall–Kier alpha value is -3.28. The number of ether oxygens (including phenoxy) is 3. The van der Waals surface area contributed by atoms with E-state index in [0.717, 1.165) is 18.8 Å². The number of aliphatic hydroxyl groups excluding tert-OH is 1. The van der Waals surface area contributed by atoms with Gasteiger partial charge in [0.05, 0.1) is 20.8 Å². The molecule has 0 aliphatic carbocycles. The Balaban J connectivity index is 2.02. The Bertz CT molecular complexity index is 1210. The average molecular weight is 610 g/mol. The fraction of sp³-hybridized carbons (Fsp3) is 0.682. The Labute approximate surface area is 234 Å². The molecule has 3 unspecified atom stereocenters. The molecular formula is C22H36N5O13P. The summed E-state index contributed by atoms with van der Waals surface area (Å²) < 4.78 is 36.9. The smallest absolute Gasteiger partial charge is 0.453 e. The van der Waals surface area contributed by atoms with E-state index in [0.29, 0.717) is 19.4 Å². The summed E-state index contributed by atoms with van der Waals surface area (Å²) in [6.07, 6.45) is -2.28. The largest absolute Gasteiger partial charge is 0.472 e. The molecule has 18 nitrogen and oxygen atoms in total. The first-order chi connectivity index (χ1) is 19.4. The van der Waals surface area contributed by atoms with E-state index in [1.807, 2.05) is 0 Å². The van der Waals surface area contributed by atoms with Crippen molar-refractivity contribution in [2.24, 2.45) is 0 Å². The van der Waals surface area contributed by atoms with E-state index in [4.69, 9.17) is 9.26 Å². The van der Waals surface area contributed by atoms with Gasteiger partial charge in [0.2, 0.25) is 5.91 Å². The molecule has 0 saturated carbocycles. The van der Waals surface area contributed by atoms with Gasteiger partial charge in [-0.15, -0.1) is 0 Å². The summed E-state index contributed by atoms with van der Waals surface area (Å²) in [5.41, 5.74) is -1.42. The molecule has 0 radical (unpaired) electrons. The molecule has 1 aromatic rings. The molecule has 0 aromatic carbocycles. The van der Waals surface area contributed by atoms with Crippen molar-refractivity contribution in [3.8, 4) is 0 Å². The molecule has 232 valence electrons. The molecule has 0 spiro atoms. The SMILES string of the molecule is COC(=O)NCCCCC(NC(=O)OC)C(=O)NCCc1cn([C@@H]2CC(OP(=O)(O)OC)[C@H](CO)O2)c(=O)[nH]c1=O. The van der Waals surface area contributed by atoms with Crippen LogP contribution in [0.25, 0.3) is 0 Å². The van der Waals surface area contributed by atoms with Crippen LogP contribution in [-0.4, -0.2) is 96.9 Å². The maximum atomic E-state index is 12.7. The van der Waals surface area contributed by atoms with Gasteiger partial charge in [-0.2, -0.15) is 0 Å². The number of hydrogen-bond donors (Lipinski definition) is 6. The lowest BCUT2D eigenvalue weighted by atomic mass is 10.1. The molecule has 0 bridgehead atoms. The molecular weight excluding hydrogens is 573 g/mol. The van der Waals surface area contributed by atoms with Crippen LogP contribution in [0.3, 0.4) is 0 Å². The van der Waals surface area contributed by atoms with Crippen LogP contribution in [0.15, 0.2) is 15.8 Å². The van der Waals surface area contributed by atoms with Gasteiger partial charge in [-0.05, 0) is 25.7 Å². The van der Waals surface area contributed by atoms with Crippen molar-refractivity contribution in [2.45, 2.75) is 56.6 Å². The van der Waals surface area contributed by atoms with E-state index >= 15 is 0 Å². The molecule has 1 aliphatic rings. The first kappa shape index (κ1) is 33.9. The number of H-pyrrole nitrogens is 1. The molecule has 19 heteroatoms. The van der Waals surface area contributed by atoms with Crippen molar-refractivity contribution >= 4 is 25.9 Å². The Morgan fingerprint density at radius 2 is 1.85 bits per heavy atom. The number of unbranched alkanes of at least 4 members (excludes halogenated alkanes) is 1. The lowest BCUT2D eigenvalue weighted by Gasteiger charge is -2.18. The second-order valence-corrected chi connectivity index (χ2v) is 10.3. The van der Waals surface area contributed by atoms with Gasteiger partial charge < -0.3 is 40.2 Å². The number of amides is 3. The third-order valence-electron chi connectivity index (χ3n) is 6.07. The number of aromatic amines is 1. The van der Waals surface area contributed by atoms with Crippen molar-refractivity contribution < 1.29 is 52.2 Å². The number of methoxy groups -OCH3 is 2. The number of rotatable bonds is 15. The van der Waals surface area contributed by atoms with Gasteiger partial charge in [-0.3, -0.25) is 28.2 Å². The fourth-order valence-electron chi connectivity index (χ4n) is 3.93. The summed E-state index contributed by atoms with van der Waals surface area (Å²) in [6, 6.07) is -0.957. The average Bonchev–Trinajstić information content (AvgIpc) is 3.34. The molecule has 1 fully saturated rings. The van der Waals surface area contributed by atoms with Crippen molar-refractivity contribution in [1.82, 2.24) is 25.5 Å². The lowest BCUT2D eigenvalue weighted by molar-refractivity contribution is -0.123. The number of carbonyl (C=O) groups is 3. The van der Waals surface area contributed by atoms with Gasteiger partial charge in [-0.25, -0.2) is 18.9 Å². The first-order valence-electron chi connectivity index (χ1n) is 12.6. The molecule has 1 aliphatic heterocycles. The standard InChI is InChI=1S/C22H36N5O13P/c1-36-21(32)24-8-5-4-6-14(25-22(33)37-2)19(30)23-9-7-13-11-27(20(31)26-18(13)29)17-10-15(16(12-28)39-17)40-41(34,35)38-3/h11,14-17,28H,4-10,12H2,1-3H3,(H,23,30)(H,24,32)(H,25,33)(H,34,35)(H,26,29,31)/t14?,15?,16-,17-/m0/s1. The van der Waals surface area contributed by atoms with Crippen LogP contribution < -0.4 is 27.2 Å². The van der Waals surface area contributed by atoms with Crippen LogP contribution in [0.4, 0.5) is 9.59 Å². The van der Waals surface area contributed by atoms with Crippen LogP contribution in [0.2, 0.25) is 0 Å². The van der Waals surface area contributed by atoms with Crippen molar-refractivity contribution in [1.29, 1.82) is 0 Å². The van der Waals surface area contributed by atoms with Crippen molar-refractivity contribution in [3.63, 3.8) is 0 Å². The lowest BCUT2D eigenvalue weighted by Crippen LogP contribution is -2.47. The number of phosphoric ester groups is 1. The molecule has 2 rings (SSSR count). The predicted octanol–water partition coefficient (Wildman–Crippen LogP) is -1.14. The molecule has 41 heavy (non-hydrogen) atoms. The van der Waals surface area contributed by atoms with E-state index < -0.39 is 68.2 Å². The highest BCUT2D eigenvalue weighted by Gasteiger charge is 2.41. The van der Waals surface area contributed by atoms with Crippen LogP contribution in [-0.2, 0) is 39.0 Å². The van der Waals surface area contributed by atoms with Crippen LogP contribution >= 0.6 is 7.82 Å². The van der Waals surface area contributed by atoms with Crippen molar-refractivity contribution in [3.05, 3.63) is 32.6 Å². The molecule has 2 heterocycles. The Kier molecular flexibility index (Phi) is 13.4. The van der Waals surface area contributed by atoms with E-state index in [1.54, 1.807) is 0 Å². The normalized spacial score (nSPS) is 20.5. The minimum atomic E-state index is -4.41. The summed E-state index contributed by atoms with van der Waals surface area (Å²) in [7, 11) is -1.06. The minimum Gasteiger partial charge on any atom is -0.453 e. The summed E-state index contributed by atoms with van der Waals surface area (Å²) in [6.45, 7) is -0.314. The van der Waals surface area contributed by atoms with Crippen molar-refractivity contribution in [2.75, 3.05) is 41.0 Å². The zero-order valence-corrected chi connectivity index (χ0v) is 23.7. The molecule has 1 aromatic heterocycles. The highest BCUT2D eigenvalue weighted by Crippen LogP contribution is 2.47. The topological polar surface area (TPSA) is 246 Å². The van der Waals surface area contributed by atoms with Gasteiger partial charge in [0.25, 0.3) is 5.56 Å². The highest BCUT2D eigenvalue weighted by molar-refractivity contribution is 7.47. The number of aromatic nitrogens is 2. The first-order valence-corrected chi connectivity index (χ1v) is 14.1. The van der Waals surface area contributed by atoms with Gasteiger partial charge in [0.15, 0.2) is 0 Å². The van der Waals surface area contributed by atoms with Gasteiger partial charge in [-0.1, -0.05) is 0 Å². The van der Waals surface area contributed by atoms with E-state index in [9.17, 15) is 38.5 Å². The van der Waals surface area contributed by atoms with E-state index in [2.05, 4.69) is 34.9 Å². The number of carbonyl (C=O) groups excluding carboxylic acids is 3. The maximum absolute atomic E-state index is 12.7. The highest BCUT2D eigenvalue weighted by atomic mass is 31.2. The molecule has 3 amide bonds. The third-order valence-corrected chi connectivity index (χ3v) is 7.07. The van der Waals surface area contributed by atoms with Crippen LogP contribution in [0.5, 0.6) is 0 Å². The van der Waals surface area contributed by atoms with Gasteiger partial charge >= 0.3 is 25.7 Å². The number of hydrogen-bond acceptors (Lipinski definition) is 12. The third kappa shape index (κ3) is 10.6. The van der Waals surface area contributed by atoms with E-state index in [1.165, 1.54) is 13.3 Å². The number of phosphoric acid groups is 1. The van der Waals surface area contributed by atoms with E-state index in [-0.39, 0.29) is 31.4 Å². The monoisotopic (exact) mass is 609 g/mol. The van der Waals surface area contributed by atoms with Gasteiger partial charge in [0.1, 0.15) is 24.5 Å².